The number of hydrogen-bond donors (Lipinski definition) is 0. The lowest BCUT2D eigenvalue weighted by atomic mass is 10.2. The third kappa shape index (κ3) is 4.66. The van der Waals surface area contributed by atoms with Gasteiger partial charge in [-0.05, 0) is 23.8 Å². The van der Waals surface area contributed by atoms with Crippen LogP contribution in [0.15, 0.2) is 73.1 Å². The molecule has 0 aliphatic heterocycles. The summed E-state index contributed by atoms with van der Waals surface area (Å²) in [5.41, 5.74) is 2.45. The molecule has 3 aromatic rings. The van der Waals surface area contributed by atoms with Crippen molar-refractivity contribution < 1.29 is 9.72 Å². The summed E-state index contributed by atoms with van der Waals surface area (Å²) in [6, 6.07) is 15.9. The summed E-state index contributed by atoms with van der Waals surface area (Å²) >= 11 is 0. The van der Waals surface area contributed by atoms with Gasteiger partial charge in [0.15, 0.2) is 0 Å². The molecule has 0 aliphatic carbocycles. The number of carbonyl (C=O) groups excluding carboxylic acids is 1. The lowest BCUT2D eigenvalue weighted by Gasteiger charge is -2.14. The summed E-state index contributed by atoms with van der Waals surface area (Å²) in [4.78, 5) is 24.2. The average Bonchev–Trinajstić information content (AvgIpc) is 3.16. The molecule has 0 atom stereocenters. The summed E-state index contributed by atoms with van der Waals surface area (Å²) in [6.07, 6.45) is 6.67. The van der Waals surface area contributed by atoms with E-state index in [-0.39, 0.29) is 18.1 Å². The fraction of sp³-hybridized carbons (Fsp3) is 0.100. The number of nitro benzene ring substituents is 1. The number of para-hydroxylation sites is 1. The predicted octanol–water partition coefficient (Wildman–Crippen LogP) is 3.45. The van der Waals surface area contributed by atoms with E-state index in [0.717, 1.165) is 11.3 Å². The minimum absolute atomic E-state index is 0.0113. The molecule has 0 fully saturated rings. The van der Waals surface area contributed by atoms with Crippen LogP contribution < -0.4 is 0 Å². The molecule has 0 bridgehead atoms. The number of nitrogens with zero attached hydrogens (tertiary/aromatic N) is 4. The highest BCUT2D eigenvalue weighted by Crippen LogP contribution is 2.15. The predicted molar refractivity (Wildman–Crippen MR) is 102 cm³/mol. The van der Waals surface area contributed by atoms with Gasteiger partial charge in [0, 0.05) is 43.6 Å². The van der Waals surface area contributed by atoms with Crippen molar-refractivity contribution in [3.8, 4) is 5.69 Å². The molecule has 0 saturated heterocycles. The first-order valence-electron chi connectivity index (χ1n) is 8.29. The molecule has 7 nitrogen and oxygen atoms in total. The lowest BCUT2D eigenvalue weighted by Crippen LogP contribution is -2.24. The van der Waals surface area contributed by atoms with Crippen molar-refractivity contribution in [2.75, 3.05) is 7.05 Å². The van der Waals surface area contributed by atoms with Gasteiger partial charge in [0.2, 0.25) is 5.91 Å². The van der Waals surface area contributed by atoms with Crippen LogP contribution in [0.2, 0.25) is 0 Å². The molecule has 3 rings (SSSR count). The van der Waals surface area contributed by atoms with E-state index >= 15 is 0 Å². The molecule has 1 amide bonds. The normalized spacial score (nSPS) is 10.9. The van der Waals surface area contributed by atoms with Crippen LogP contribution in [0.3, 0.4) is 0 Å². The molecule has 1 aromatic heterocycles. The lowest BCUT2D eigenvalue weighted by molar-refractivity contribution is -0.384. The van der Waals surface area contributed by atoms with Crippen molar-refractivity contribution in [1.29, 1.82) is 0 Å². The third-order valence-corrected chi connectivity index (χ3v) is 3.96. The number of carbonyl (C=O) groups is 1. The number of benzene rings is 2. The Morgan fingerprint density at radius 1 is 1.22 bits per heavy atom. The fourth-order valence-electron chi connectivity index (χ4n) is 2.56. The minimum Gasteiger partial charge on any atom is -0.338 e. The zero-order valence-electron chi connectivity index (χ0n) is 14.7. The van der Waals surface area contributed by atoms with Crippen molar-refractivity contribution in [2.45, 2.75) is 6.54 Å². The van der Waals surface area contributed by atoms with Crippen molar-refractivity contribution in [3.05, 3.63) is 94.3 Å². The van der Waals surface area contributed by atoms with Gasteiger partial charge in [-0.15, -0.1) is 0 Å². The quantitative estimate of drug-likeness (QED) is 0.382. The maximum absolute atomic E-state index is 12.3. The molecule has 0 radical (unpaired) electrons. The summed E-state index contributed by atoms with van der Waals surface area (Å²) in [5, 5.41) is 15.1. The zero-order valence-corrected chi connectivity index (χ0v) is 14.7. The van der Waals surface area contributed by atoms with Gasteiger partial charge in [-0.25, -0.2) is 4.68 Å². The smallest absolute Gasteiger partial charge is 0.269 e. The number of hydrogen-bond acceptors (Lipinski definition) is 4. The van der Waals surface area contributed by atoms with E-state index in [1.807, 2.05) is 36.5 Å². The highest BCUT2D eigenvalue weighted by molar-refractivity contribution is 5.91. The Bertz CT molecular complexity index is 980. The monoisotopic (exact) mass is 362 g/mol. The van der Waals surface area contributed by atoms with E-state index in [2.05, 4.69) is 5.10 Å². The first-order chi connectivity index (χ1) is 13.0. The Kier molecular flexibility index (Phi) is 5.41. The molecule has 2 aromatic carbocycles. The van der Waals surface area contributed by atoms with E-state index in [4.69, 9.17) is 0 Å². The molecule has 0 unspecified atom stereocenters. The summed E-state index contributed by atoms with van der Waals surface area (Å²) in [5.74, 6) is -0.200. The number of amides is 1. The number of likely N-dealkylation sites (N-methyl/N-ethyl adjacent to an activating group) is 1. The van der Waals surface area contributed by atoms with Gasteiger partial charge in [0.25, 0.3) is 5.69 Å². The highest BCUT2D eigenvalue weighted by atomic mass is 16.6. The van der Waals surface area contributed by atoms with Gasteiger partial charge in [-0.2, -0.15) is 5.10 Å². The standard InChI is InChI=1S/C20H18N4O3/c1-22(14-16-6-5-9-19(12-16)24(26)27)20(25)11-10-17-13-21-23(15-17)18-7-3-2-4-8-18/h2-13,15H,14H2,1H3/b11-10+. The number of non-ortho nitro benzene ring substituents is 1. The van der Waals surface area contributed by atoms with E-state index in [9.17, 15) is 14.9 Å². The number of aromatic nitrogens is 2. The third-order valence-electron chi connectivity index (χ3n) is 3.96. The van der Waals surface area contributed by atoms with Gasteiger partial charge < -0.3 is 4.90 Å². The van der Waals surface area contributed by atoms with Crippen molar-refractivity contribution in [1.82, 2.24) is 14.7 Å². The van der Waals surface area contributed by atoms with Crippen LogP contribution >= 0.6 is 0 Å². The maximum atomic E-state index is 12.3. The minimum atomic E-state index is -0.449. The Balaban J connectivity index is 1.64. The van der Waals surface area contributed by atoms with Crippen LogP contribution in [-0.2, 0) is 11.3 Å². The molecular formula is C20H18N4O3. The van der Waals surface area contributed by atoms with E-state index < -0.39 is 4.92 Å². The van der Waals surface area contributed by atoms with Crippen LogP contribution in [0.25, 0.3) is 11.8 Å². The second-order valence-electron chi connectivity index (χ2n) is 6.01. The second kappa shape index (κ2) is 8.09. The Labute approximate surface area is 156 Å². The van der Waals surface area contributed by atoms with Crippen molar-refractivity contribution >= 4 is 17.7 Å². The molecule has 0 saturated carbocycles. The van der Waals surface area contributed by atoms with Crippen LogP contribution in [0, 0.1) is 10.1 Å². The molecule has 1 heterocycles. The van der Waals surface area contributed by atoms with Gasteiger partial charge in [-0.3, -0.25) is 14.9 Å². The van der Waals surface area contributed by atoms with Crippen molar-refractivity contribution in [3.63, 3.8) is 0 Å². The molecule has 0 spiro atoms. The molecule has 0 aliphatic rings. The second-order valence-corrected chi connectivity index (χ2v) is 6.01. The zero-order chi connectivity index (χ0) is 19.2. The Morgan fingerprint density at radius 2 is 2.00 bits per heavy atom. The molecule has 7 heteroatoms. The average molecular weight is 362 g/mol. The Morgan fingerprint density at radius 3 is 2.74 bits per heavy atom. The summed E-state index contributed by atoms with van der Waals surface area (Å²) in [7, 11) is 1.65. The van der Waals surface area contributed by atoms with E-state index in [1.54, 1.807) is 36.1 Å². The Hall–Kier alpha value is -3.74. The van der Waals surface area contributed by atoms with Crippen molar-refractivity contribution in [2.24, 2.45) is 0 Å². The number of rotatable bonds is 6. The largest absolute Gasteiger partial charge is 0.338 e. The van der Waals surface area contributed by atoms with Crippen LogP contribution in [-0.4, -0.2) is 32.6 Å². The van der Waals surface area contributed by atoms with E-state index in [1.165, 1.54) is 23.1 Å². The summed E-state index contributed by atoms with van der Waals surface area (Å²) in [6.45, 7) is 0.286. The molecule has 136 valence electrons. The maximum Gasteiger partial charge on any atom is 0.269 e. The summed E-state index contributed by atoms with van der Waals surface area (Å²) < 4.78 is 1.73. The van der Waals surface area contributed by atoms with Crippen LogP contribution in [0.4, 0.5) is 5.69 Å². The molecular weight excluding hydrogens is 344 g/mol. The van der Waals surface area contributed by atoms with Gasteiger partial charge >= 0.3 is 0 Å². The SMILES string of the molecule is CN(Cc1cccc([N+](=O)[O-])c1)C(=O)/C=C/c1cnn(-c2ccccc2)c1. The first kappa shape index (κ1) is 18.1. The van der Waals surface area contributed by atoms with Crippen LogP contribution in [0.1, 0.15) is 11.1 Å². The number of nitro groups is 1. The topological polar surface area (TPSA) is 81.3 Å². The molecule has 0 N–H and O–H groups in total. The highest BCUT2D eigenvalue weighted by Gasteiger charge is 2.10. The first-order valence-corrected chi connectivity index (χ1v) is 8.29. The van der Waals surface area contributed by atoms with E-state index in [0.29, 0.717) is 5.56 Å². The van der Waals surface area contributed by atoms with Crippen LogP contribution in [0.5, 0.6) is 0 Å². The fourth-order valence-corrected chi connectivity index (χ4v) is 2.56. The van der Waals surface area contributed by atoms with Gasteiger partial charge in [-0.1, -0.05) is 30.3 Å². The van der Waals surface area contributed by atoms with Gasteiger partial charge in [0.05, 0.1) is 16.8 Å². The molecule has 27 heavy (non-hydrogen) atoms. The van der Waals surface area contributed by atoms with Gasteiger partial charge in [0.1, 0.15) is 0 Å².